The summed E-state index contributed by atoms with van der Waals surface area (Å²) >= 11 is 0. The predicted molar refractivity (Wildman–Crippen MR) is 507 cm³/mol. The number of amides is 4. The van der Waals surface area contributed by atoms with Crippen LogP contribution in [0.4, 0.5) is 4.79 Å². The van der Waals surface area contributed by atoms with E-state index in [-0.39, 0.29) is 25.9 Å². The highest BCUT2D eigenvalue weighted by molar-refractivity contribution is 5.96. The van der Waals surface area contributed by atoms with Gasteiger partial charge in [-0.1, -0.05) is 401 Å². The molecule has 0 saturated heterocycles. The van der Waals surface area contributed by atoms with Gasteiger partial charge in [-0.3, -0.25) is 24.0 Å². The molecule has 1 aromatic heterocycles. The third-order valence-electron chi connectivity index (χ3n) is 23.3. The first-order chi connectivity index (χ1) is 60.0. The Morgan fingerprint density at radius 2 is 0.742 bits per heavy atom. The van der Waals surface area contributed by atoms with E-state index in [1.807, 2.05) is 77.5 Å². The van der Waals surface area contributed by atoms with Crippen molar-refractivity contribution in [3.05, 3.63) is 144 Å². The molecule has 0 saturated carbocycles. The van der Waals surface area contributed by atoms with E-state index in [9.17, 15) is 28.8 Å². The first kappa shape index (κ1) is 107. The van der Waals surface area contributed by atoms with Crippen LogP contribution in [0.3, 0.4) is 0 Å². The number of benzene rings is 4. The van der Waals surface area contributed by atoms with Crippen molar-refractivity contribution in [1.29, 1.82) is 0 Å². The van der Waals surface area contributed by atoms with E-state index in [4.69, 9.17) is 33.4 Å². The summed E-state index contributed by atoms with van der Waals surface area (Å²) in [5.41, 5.74) is -0.555. The van der Waals surface area contributed by atoms with Gasteiger partial charge in [-0.15, -0.1) is 0 Å². The van der Waals surface area contributed by atoms with Gasteiger partial charge in [-0.05, 0) is 115 Å². The number of ether oxygens (including phenoxy) is 6. The standard InChI is InChI=1S/C106H170N6O12/c1-12-15-18-21-24-27-30-33-36-39-42-45-48-51-54-66-77-119-94-80-87(81-95(120-78-67-55-52-49-46-43-40-37-34-31-28-25-22-19-16-13-2)98(94)121-79-68-56-53-50-47-44-41-38-35-32-29-26-23-20-17-14-3)85-122-97(114)83-107-99(115)92(75-76-96(113)123-103(4,5)6)109-101(117)105(10,11)111-100(116)93(110-102(118)124-104(7,8)9)82-91-84-112(86-108-91)106(88-69-60-57-61-70-88,89-71-62-58-63-72-89)90-73-64-59-65-74-90/h57-65,69-74,80-81,84,86,92-93H,12-56,66-68,75-79,82-83,85H2,1-11H3,(H,107,115)(H,109,117)(H,110,118)(H,111,116)/t92-,93-/m0/s1. The highest BCUT2D eigenvalue weighted by Crippen LogP contribution is 2.42. The molecule has 4 aromatic carbocycles. The van der Waals surface area contributed by atoms with Gasteiger partial charge in [-0.2, -0.15) is 0 Å². The second-order valence-electron chi connectivity index (χ2n) is 37.5. The summed E-state index contributed by atoms with van der Waals surface area (Å²) < 4.78 is 39.4. The highest BCUT2D eigenvalue weighted by Gasteiger charge is 2.40. The van der Waals surface area contributed by atoms with E-state index >= 15 is 0 Å². The molecular formula is C106H170N6O12. The van der Waals surface area contributed by atoms with Crippen molar-refractivity contribution in [1.82, 2.24) is 30.8 Å². The van der Waals surface area contributed by atoms with E-state index in [0.29, 0.717) is 48.3 Å². The zero-order valence-electron chi connectivity index (χ0n) is 79.5. The highest BCUT2D eigenvalue weighted by atomic mass is 16.6. The molecular weight excluding hydrogens is 1550 g/mol. The number of aromatic nitrogens is 2. The number of carbonyl (C=O) groups excluding carboxylic acids is 6. The Labute approximate surface area is 751 Å². The minimum absolute atomic E-state index is 0.135. The van der Waals surface area contributed by atoms with Gasteiger partial charge < -0.3 is 54.3 Å². The maximum atomic E-state index is 14.9. The molecule has 0 radical (unpaired) electrons. The number of hydrogen-bond acceptors (Lipinski definition) is 13. The Kier molecular flexibility index (Phi) is 55.0. The quantitative estimate of drug-likeness (QED) is 0.0123. The molecule has 0 aliphatic heterocycles. The molecule has 18 nitrogen and oxygen atoms in total. The Hall–Kier alpha value is -7.89. The second kappa shape index (κ2) is 63.9. The van der Waals surface area contributed by atoms with Gasteiger partial charge in [0.25, 0.3) is 0 Å². The molecule has 4 N–H and O–H groups in total. The third-order valence-corrected chi connectivity index (χ3v) is 23.3. The first-order valence-electron chi connectivity index (χ1n) is 49.5. The molecule has 0 spiro atoms. The normalized spacial score (nSPS) is 12.3. The maximum absolute atomic E-state index is 14.9. The predicted octanol–water partition coefficient (Wildman–Crippen LogP) is 26.4. The lowest BCUT2D eigenvalue weighted by molar-refractivity contribution is -0.155. The largest absolute Gasteiger partial charge is 0.490 e. The molecule has 18 heteroatoms. The van der Waals surface area contributed by atoms with E-state index in [1.165, 1.54) is 264 Å². The van der Waals surface area contributed by atoms with Gasteiger partial charge in [0.2, 0.25) is 23.5 Å². The Morgan fingerprint density at radius 3 is 1.10 bits per heavy atom. The molecule has 696 valence electrons. The van der Waals surface area contributed by atoms with E-state index in [1.54, 1.807) is 47.9 Å². The van der Waals surface area contributed by atoms with Gasteiger partial charge >= 0.3 is 18.0 Å². The summed E-state index contributed by atoms with van der Waals surface area (Å²) in [6.07, 6.45) is 63.3. The van der Waals surface area contributed by atoms with Crippen LogP contribution in [0.15, 0.2) is 116 Å². The lowest BCUT2D eigenvalue weighted by Crippen LogP contribution is -2.62. The van der Waals surface area contributed by atoms with Crippen LogP contribution < -0.4 is 35.5 Å². The number of carbonyl (C=O) groups is 6. The smallest absolute Gasteiger partial charge is 0.408 e. The van der Waals surface area contributed by atoms with Crippen LogP contribution in [0.1, 0.15) is 425 Å². The van der Waals surface area contributed by atoms with Crippen LogP contribution in [0.25, 0.3) is 0 Å². The van der Waals surface area contributed by atoms with Crippen LogP contribution in [0.5, 0.6) is 17.2 Å². The molecule has 124 heavy (non-hydrogen) atoms. The van der Waals surface area contributed by atoms with Crippen LogP contribution in [0.2, 0.25) is 0 Å². The summed E-state index contributed by atoms with van der Waals surface area (Å²) in [7, 11) is 0. The number of nitrogens with one attached hydrogen (secondary N) is 4. The molecule has 0 unspecified atom stereocenters. The number of esters is 2. The average Bonchev–Trinajstić information content (AvgIpc) is 1.32. The molecule has 4 amide bonds. The number of hydrogen-bond donors (Lipinski definition) is 4. The summed E-state index contributed by atoms with van der Waals surface area (Å²) in [5, 5.41) is 11.0. The minimum Gasteiger partial charge on any atom is -0.490 e. The van der Waals surface area contributed by atoms with Crippen molar-refractivity contribution in [2.75, 3.05) is 26.4 Å². The fourth-order valence-corrected chi connectivity index (χ4v) is 16.3. The van der Waals surface area contributed by atoms with Crippen molar-refractivity contribution >= 4 is 35.8 Å². The summed E-state index contributed by atoms with van der Waals surface area (Å²) in [6, 6.07) is 31.2. The van der Waals surface area contributed by atoms with Crippen molar-refractivity contribution in [3.63, 3.8) is 0 Å². The summed E-state index contributed by atoms with van der Waals surface area (Å²) in [4.78, 5) is 89.9. The van der Waals surface area contributed by atoms with Crippen LogP contribution in [0, 0.1) is 0 Å². The summed E-state index contributed by atoms with van der Waals surface area (Å²) in [6.45, 7) is 20.8. The SMILES string of the molecule is CCCCCCCCCCCCCCCCCCOc1cc(COC(=O)CNC(=O)[C@H](CCC(=O)OC(C)(C)C)NC(=O)C(C)(C)NC(=O)[C@H](Cc2cn(C(c3ccccc3)(c3ccccc3)c3ccccc3)cn2)NC(=O)OC(C)(C)C)cc(OCCCCCCCCCCCCCCCCCC)c1OCCCCCCCCCCCCCCCCCC. The molecule has 5 rings (SSSR count). The van der Waals surface area contributed by atoms with E-state index in [0.717, 1.165) is 74.5 Å². The molecule has 0 aliphatic rings. The first-order valence-corrected chi connectivity index (χ1v) is 49.5. The lowest BCUT2D eigenvalue weighted by atomic mass is 9.77. The van der Waals surface area contributed by atoms with E-state index in [2.05, 4.69) is 78.4 Å². The zero-order valence-corrected chi connectivity index (χ0v) is 79.5. The fourth-order valence-electron chi connectivity index (χ4n) is 16.3. The Bertz CT molecular complexity index is 3470. The van der Waals surface area contributed by atoms with Gasteiger partial charge in [0.1, 0.15) is 47.5 Å². The van der Waals surface area contributed by atoms with Crippen LogP contribution in [-0.2, 0) is 56.7 Å². The van der Waals surface area contributed by atoms with Gasteiger partial charge in [-0.25, -0.2) is 9.78 Å². The number of nitrogens with zero attached hydrogens (tertiary/aromatic N) is 2. The monoisotopic (exact) mass is 1720 g/mol. The maximum Gasteiger partial charge on any atom is 0.408 e. The van der Waals surface area contributed by atoms with Gasteiger partial charge in [0, 0.05) is 19.0 Å². The van der Waals surface area contributed by atoms with Crippen LogP contribution >= 0.6 is 0 Å². The Balaban J connectivity index is 1.30. The van der Waals surface area contributed by atoms with Crippen molar-refractivity contribution in [3.8, 4) is 17.2 Å². The third kappa shape index (κ3) is 46.0. The zero-order chi connectivity index (χ0) is 89.6. The van der Waals surface area contributed by atoms with Crippen molar-refractivity contribution in [2.45, 2.75) is 445 Å². The molecule has 2 atom stereocenters. The van der Waals surface area contributed by atoms with Gasteiger partial charge in [0.05, 0.1) is 31.8 Å². The van der Waals surface area contributed by atoms with Crippen LogP contribution in [-0.4, -0.2) is 100 Å². The second-order valence-corrected chi connectivity index (χ2v) is 37.5. The number of imidazole rings is 1. The van der Waals surface area contributed by atoms with Gasteiger partial charge in [0.15, 0.2) is 11.5 Å². The Morgan fingerprint density at radius 1 is 0.395 bits per heavy atom. The molecule has 1 heterocycles. The lowest BCUT2D eigenvalue weighted by Gasteiger charge is -2.37. The number of rotatable bonds is 73. The van der Waals surface area contributed by atoms with Crippen molar-refractivity contribution < 1.29 is 57.2 Å². The molecule has 0 aliphatic carbocycles. The topological polar surface area (TPSA) is 224 Å². The fraction of sp³-hybridized carbons (Fsp3) is 0.689. The van der Waals surface area contributed by atoms with Crippen molar-refractivity contribution in [2.24, 2.45) is 0 Å². The average molecular weight is 1720 g/mol. The molecule has 0 fully saturated rings. The molecule has 0 bridgehead atoms. The molecule has 5 aromatic rings. The number of unbranched alkanes of at least 4 members (excludes halogenated alkanes) is 45. The summed E-state index contributed by atoms with van der Waals surface area (Å²) in [5.74, 6) is -2.07. The number of alkyl carbamates (subject to hydrolysis) is 1. The minimum atomic E-state index is -1.76. The van der Waals surface area contributed by atoms with E-state index < -0.39 is 76.7 Å².